The number of anilines is 1. The minimum absolute atomic E-state index is 0.247. The van der Waals surface area contributed by atoms with Crippen molar-refractivity contribution in [1.29, 1.82) is 0 Å². The van der Waals surface area contributed by atoms with Gasteiger partial charge >= 0.3 is 5.97 Å². The van der Waals surface area contributed by atoms with Crippen LogP contribution < -0.4 is 14.8 Å². The third-order valence-electron chi connectivity index (χ3n) is 3.49. The molecule has 0 radical (unpaired) electrons. The first-order valence-electron chi connectivity index (χ1n) is 8.47. The highest BCUT2D eigenvalue weighted by molar-refractivity contribution is 6.32. The van der Waals surface area contributed by atoms with E-state index in [-0.39, 0.29) is 5.82 Å². The number of carbonyl (C=O) groups excluding carboxylic acids is 2. The fourth-order valence-electron chi connectivity index (χ4n) is 2.23. The lowest BCUT2D eigenvalue weighted by atomic mass is 10.2. The van der Waals surface area contributed by atoms with Crippen molar-refractivity contribution in [3.8, 4) is 11.5 Å². The molecule has 0 aliphatic rings. The number of nitrogens with one attached hydrogen (secondary N) is 1. The van der Waals surface area contributed by atoms with Gasteiger partial charge in [-0.1, -0.05) is 16.8 Å². The van der Waals surface area contributed by atoms with Gasteiger partial charge in [0.25, 0.3) is 5.91 Å². The van der Waals surface area contributed by atoms with E-state index in [1.165, 1.54) is 26.2 Å². The van der Waals surface area contributed by atoms with Crippen molar-refractivity contribution < 1.29 is 28.3 Å². The molecule has 0 saturated heterocycles. The summed E-state index contributed by atoms with van der Waals surface area (Å²) >= 11 is 6.17. The molecule has 9 heteroatoms. The molecule has 150 valence electrons. The van der Waals surface area contributed by atoms with Gasteiger partial charge < -0.3 is 24.1 Å². The van der Waals surface area contributed by atoms with Crippen molar-refractivity contribution >= 4 is 35.4 Å². The molecule has 2 aromatic rings. The molecule has 1 N–H and O–H groups in total. The zero-order valence-corrected chi connectivity index (χ0v) is 16.7. The Kier molecular flexibility index (Phi) is 7.45. The Morgan fingerprint density at radius 1 is 1.36 bits per heavy atom. The molecule has 0 spiro atoms. The molecule has 8 nitrogen and oxygen atoms in total. The number of esters is 1. The Balaban J connectivity index is 1.99. The molecule has 2 rings (SSSR count). The van der Waals surface area contributed by atoms with Gasteiger partial charge in [0, 0.05) is 12.1 Å². The van der Waals surface area contributed by atoms with Gasteiger partial charge in [0.2, 0.25) is 0 Å². The molecular weight excluding hydrogens is 388 g/mol. The monoisotopic (exact) mass is 408 g/mol. The van der Waals surface area contributed by atoms with Crippen LogP contribution in [0.3, 0.4) is 0 Å². The number of ether oxygens (including phenoxy) is 3. The number of hydrogen-bond donors (Lipinski definition) is 1. The van der Waals surface area contributed by atoms with Gasteiger partial charge in [-0.3, -0.25) is 4.79 Å². The van der Waals surface area contributed by atoms with E-state index in [1.54, 1.807) is 25.1 Å². The molecule has 0 aliphatic carbocycles. The maximum absolute atomic E-state index is 12.0. The number of aromatic nitrogens is 1. The van der Waals surface area contributed by atoms with Crippen LogP contribution in [0.25, 0.3) is 6.08 Å². The minimum atomic E-state index is -1.02. The number of aryl methyl sites for hydroxylation is 1. The second-order valence-corrected chi connectivity index (χ2v) is 6.10. The third kappa shape index (κ3) is 5.75. The predicted molar refractivity (Wildman–Crippen MR) is 104 cm³/mol. The van der Waals surface area contributed by atoms with Crippen molar-refractivity contribution in [3.05, 3.63) is 40.6 Å². The molecular formula is C19H21ClN2O6. The average molecular weight is 409 g/mol. The molecule has 1 atom stereocenters. The maximum Gasteiger partial charge on any atom is 0.331 e. The van der Waals surface area contributed by atoms with Crippen LogP contribution in [0.2, 0.25) is 5.02 Å². The largest absolute Gasteiger partial charge is 0.491 e. The number of amides is 1. The molecule has 0 unspecified atom stereocenters. The molecule has 1 amide bonds. The number of carbonyl (C=O) groups is 2. The highest BCUT2D eigenvalue weighted by atomic mass is 35.5. The number of rotatable bonds is 8. The zero-order valence-electron chi connectivity index (χ0n) is 15.9. The SMILES string of the molecule is CCOc1cc(/C=C/C(=O)O[C@H](C)C(=O)Nc2cc(C)on2)cc(Cl)c1OC. The van der Waals surface area contributed by atoms with Crippen LogP contribution in [0.5, 0.6) is 11.5 Å². The second kappa shape index (κ2) is 9.80. The minimum Gasteiger partial charge on any atom is -0.491 e. The highest BCUT2D eigenvalue weighted by Gasteiger charge is 2.18. The van der Waals surface area contributed by atoms with Crippen LogP contribution in [-0.4, -0.2) is 36.9 Å². The number of hydrogen-bond acceptors (Lipinski definition) is 7. The number of nitrogens with zero attached hydrogens (tertiary/aromatic N) is 1. The van der Waals surface area contributed by atoms with Gasteiger partial charge in [-0.15, -0.1) is 0 Å². The van der Waals surface area contributed by atoms with E-state index in [4.69, 9.17) is 30.3 Å². The number of benzene rings is 1. The van der Waals surface area contributed by atoms with Crippen LogP contribution >= 0.6 is 11.6 Å². The van der Waals surface area contributed by atoms with Gasteiger partial charge in [0.15, 0.2) is 23.4 Å². The van der Waals surface area contributed by atoms with E-state index in [9.17, 15) is 9.59 Å². The summed E-state index contributed by atoms with van der Waals surface area (Å²) in [5.41, 5.74) is 0.612. The summed E-state index contributed by atoms with van der Waals surface area (Å²) in [4.78, 5) is 24.0. The molecule has 0 fully saturated rings. The number of halogens is 1. The van der Waals surface area contributed by atoms with Crippen molar-refractivity contribution in [1.82, 2.24) is 5.16 Å². The van der Waals surface area contributed by atoms with E-state index in [0.717, 1.165) is 0 Å². The van der Waals surface area contributed by atoms with Crippen molar-refractivity contribution in [3.63, 3.8) is 0 Å². The van der Waals surface area contributed by atoms with Crippen molar-refractivity contribution in [2.24, 2.45) is 0 Å². The second-order valence-electron chi connectivity index (χ2n) is 5.69. The fourth-order valence-corrected chi connectivity index (χ4v) is 2.53. The lowest BCUT2D eigenvalue weighted by Gasteiger charge is -2.12. The Hall–Kier alpha value is -3.00. The zero-order chi connectivity index (χ0) is 20.7. The lowest BCUT2D eigenvalue weighted by Crippen LogP contribution is -2.29. The molecule has 0 aliphatic heterocycles. The highest BCUT2D eigenvalue weighted by Crippen LogP contribution is 2.36. The van der Waals surface area contributed by atoms with Gasteiger partial charge in [-0.2, -0.15) is 0 Å². The van der Waals surface area contributed by atoms with Crippen molar-refractivity contribution in [2.75, 3.05) is 19.0 Å². The van der Waals surface area contributed by atoms with Crippen LogP contribution in [0, 0.1) is 6.92 Å². The summed E-state index contributed by atoms with van der Waals surface area (Å²) in [7, 11) is 1.49. The summed E-state index contributed by atoms with van der Waals surface area (Å²) in [5, 5.41) is 6.48. The van der Waals surface area contributed by atoms with Gasteiger partial charge in [-0.05, 0) is 44.5 Å². The maximum atomic E-state index is 12.0. The Morgan fingerprint density at radius 2 is 2.11 bits per heavy atom. The summed E-state index contributed by atoms with van der Waals surface area (Å²) in [6.07, 6.45) is 1.67. The van der Waals surface area contributed by atoms with Crippen LogP contribution in [-0.2, 0) is 14.3 Å². The lowest BCUT2D eigenvalue weighted by molar-refractivity contribution is -0.148. The molecule has 1 heterocycles. The Bertz CT molecular complexity index is 877. The van der Waals surface area contributed by atoms with E-state index in [1.807, 2.05) is 6.92 Å². The summed E-state index contributed by atoms with van der Waals surface area (Å²) in [5.74, 6) is 0.451. The average Bonchev–Trinajstić information content (AvgIpc) is 3.04. The molecule has 0 bridgehead atoms. The van der Waals surface area contributed by atoms with E-state index >= 15 is 0 Å². The summed E-state index contributed by atoms with van der Waals surface area (Å²) in [6.45, 7) is 5.41. The summed E-state index contributed by atoms with van der Waals surface area (Å²) in [6, 6.07) is 4.85. The molecule has 1 aromatic heterocycles. The predicted octanol–water partition coefficient (Wildman–Crippen LogP) is 3.63. The van der Waals surface area contributed by atoms with Gasteiger partial charge in [0.1, 0.15) is 5.76 Å². The Labute approximate surface area is 167 Å². The first kappa shape index (κ1) is 21.3. The first-order valence-corrected chi connectivity index (χ1v) is 8.85. The van der Waals surface area contributed by atoms with E-state index < -0.39 is 18.0 Å². The van der Waals surface area contributed by atoms with E-state index in [2.05, 4.69) is 10.5 Å². The molecule has 28 heavy (non-hydrogen) atoms. The molecule has 1 aromatic carbocycles. The van der Waals surface area contributed by atoms with E-state index in [0.29, 0.717) is 34.5 Å². The number of methoxy groups -OCH3 is 1. The van der Waals surface area contributed by atoms with Gasteiger partial charge in [-0.25, -0.2) is 4.79 Å². The first-order chi connectivity index (χ1) is 13.3. The fraction of sp³-hybridized carbons (Fsp3) is 0.316. The van der Waals surface area contributed by atoms with Gasteiger partial charge in [0.05, 0.1) is 18.7 Å². The quantitative estimate of drug-likeness (QED) is 0.525. The van der Waals surface area contributed by atoms with Crippen LogP contribution in [0.4, 0.5) is 5.82 Å². The topological polar surface area (TPSA) is 99.9 Å². The normalized spacial score (nSPS) is 11.9. The smallest absolute Gasteiger partial charge is 0.331 e. The third-order valence-corrected chi connectivity index (χ3v) is 3.77. The standard InChI is InChI=1S/C19H21ClN2O6/c1-5-26-15-10-13(9-14(20)18(15)25-4)6-7-17(23)27-12(3)19(24)21-16-8-11(2)28-22-16/h6-10,12H,5H2,1-4H3,(H,21,22,24)/b7-6+/t12-/m1/s1. The summed E-state index contributed by atoms with van der Waals surface area (Å²) < 4.78 is 20.6. The van der Waals surface area contributed by atoms with Crippen molar-refractivity contribution in [2.45, 2.75) is 26.9 Å². The molecule has 0 saturated carbocycles. The van der Waals surface area contributed by atoms with Crippen LogP contribution in [0.15, 0.2) is 28.8 Å². The Morgan fingerprint density at radius 3 is 2.71 bits per heavy atom. The van der Waals surface area contributed by atoms with Crippen LogP contribution in [0.1, 0.15) is 25.2 Å².